The van der Waals surface area contributed by atoms with Crippen LogP contribution in [0.15, 0.2) is 60.0 Å². The van der Waals surface area contributed by atoms with Crippen LogP contribution in [-0.2, 0) is 5.75 Å². The van der Waals surface area contributed by atoms with Crippen LogP contribution in [0.25, 0.3) is 5.69 Å². The number of methoxy groups -OCH3 is 1. The van der Waals surface area contributed by atoms with Gasteiger partial charge in [-0.1, -0.05) is 53.7 Å². The Morgan fingerprint density at radius 2 is 1.91 bits per heavy atom. The number of halogens is 1. The summed E-state index contributed by atoms with van der Waals surface area (Å²) in [6.07, 6.45) is 1.69. The van der Waals surface area contributed by atoms with Gasteiger partial charge >= 0.3 is 0 Å². The van der Waals surface area contributed by atoms with Crippen LogP contribution in [0.3, 0.4) is 0 Å². The SMILES string of the molecule is COc1ccccc1-n1cnnc1SCc1ccccc1Cl. The molecule has 2 aromatic carbocycles. The van der Waals surface area contributed by atoms with Crippen LogP contribution in [0.2, 0.25) is 5.02 Å². The average molecular weight is 332 g/mol. The fourth-order valence-corrected chi connectivity index (χ4v) is 3.28. The number of para-hydroxylation sites is 2. The molecule has 112 valence electrons. The van der Waals surface area contributed by atoms with E-state index >= 15 is 0 Å². The lowest BCUT2D eigenvalue weighted by Crippen LogP contribution is -1.98. The number of rotatable bonds is 5. The molecule has 0 amide bonds. The van der Waals surface area contributed by atoms with Gasteiger partial charge in [-0.15, -0.1) is 10.2 Å². The van der Waals surface area contributed by atoms with E-state index in [1.54, 1.807) is 25.2 Å². The largest absolute Gasteiger partial charge is 0.495 e. The van der Waals surface area contributed by atoms with E-state index in [-0.39, 0.29) is 0 Å². The second-order valence-electron chi connectivity index (χ2n) is 4.54. The Morgan fingerprint density at radius 3 is 2.73 bits per heavy atom. The standard InChI is InChI=1S/C16H14ClN3OS/c1-21-15-9-5-4-8-14(15)20-11-18-19-16(20)22-10-12-6-2-3-7-13(12)17/h2-9,11H,10H2,1H3. The second kappa shape index (κ2) is 6.85. The molecule has 0 spiro atoms. The van der Waals surface area contributed by atoms with Crippen molar-refractivity contribution in [1.82, 2.24) is 14.8 Å². The molecule has 1 heterocycles. The number of hydrogen-bond acceptors (Lipinski definition) is 4. The summed E-state index contributed by atoms with van der Waals surface area (Å²) >= 11 is 7.78. The van der Waals surface area contributed by atoms with Crippen LogP contribution in [0.1, 0.15) is 5.56 Å². The summed E-state index contributed by atoms with van der Waals surface area (Å²) in [5, 5.41) is 9.76. The zero-order valence-electron chi connectivity index (χ0n) is 11.9. The predicted molar refractivity (Wildman–Crippen MR) is 88.9 cm³/mol. The molecule has 0 aliphatic rings. The Balaban J connectivity index is 1.85. The lowest BCUT2D eigenvalue weighted by Gasteiger charge is -2.10. The van der Waals surface area contributed by atoms with Crippen LogP contribution in [0.4, 0.5) is 0 Å². The van der Waals surface area contributed by atoms with Crippen molar-refractivity contribution in [3.05, 3.63) is 65.4 Å². The van der Waals surface area contributed by atoms with Gasteiger partial charge in [0.05, 0.1) is 12.8 Å². The van der Waals surface area contributed by atoms with E-state index in [1.165, 1.54) is 0 Å². The third-order valence-electron chi connectivity index (χ3n) is 3.18. The van der Waals surface area contributed by atoms with Crippen molar-refractivity contribution < 1.29 is 4.74 Å². The van der Waals surface area contributed by atoms with E-state index in [2.05, 4.69) is 10.2 Å². The molecule has 3 aromatic rings. The highest BCUT2D eigenvalue weighted by Gasteiger charge is 2.11. The van der Waals surface area contributed by atoms with Gasteiger partial charge in [-0.25, -0.2) is 0 Å². The Morgan fingerprint density at radius 1 is 1.14 bits per heavy atom. The molecule has 0 radical (unpaired) electrons. The Kier molecular flexibility index (Phi) is 4.65. The smallest absolute Gasteiger partial charge is 0.196 e. The third-order valence-corrected chi connectivity index (χ3v) is 4.54. The first kappa shape index (κ1) is 14.9. The monoisotopic (exact) mass is 331 g/mol. The highest BCUT2D eigenvalue weighted by Crippen LogP contribution is 2.29. The van der Waals surface area contributed by atoms with Crippen molar-refractivity contribution in [2.24, 2.45) is 0 Å². The molecular formula is C16H14ClN3OS. The fourth-order valence-electron chi connectivity index (χ4n) is 2.07. The van der Waals surface area contributed by atoms with Gasteiger partial charge in [0.15, 0.2) is 5.16 Å². The zero-order chi connectivity index (χ0) is 15.4. The van der Waals surface area contributed by atoms with E-state index < -0.39 is 0 Å². The number of aromatic nitrogens is 3. The molecule has 0 bridgehead atoms. The molecule has 0 atom stereocenters. The Bertz CT molecular complexity index is 775. The highest BCUT2D eigenvalue weighted by molar-refractivity contribution is 7.98. The van der Waals surface area contributed by atoms with E-state index in [9.17, 15) is 0 Å². The molecule has 0 unspecified atom stereocenters. The van der Waals surface area contributed by atoms with Crippen molar-refractivity contribution in [3.8, 4) is 11.4 Å². The molecule has 6 heteroatoms. The zero-order valence-corrected chi connectivity index (χ0v) is 13.5. The maximum atomic E-state index is 6.19. The van der Waals surface area contributed by atoms with Crippen molar-refractivity contribution in [3.63, 3.8) is 0 Å². The molecule has 3 rings (SSSR count). The molecule has 0 fully saturated rings. The Hall–Kier alpha value is -1.98. The lowest BCUT2D eigenvalue weighted by molar-refractivity contribution is 0.412. The van der Waals surface area contributed by atoms with Gasteiger partial charge in [-0.05, 0) is 23.8 Å². The average Bonchev–Trinajstić information content (AvgIpc) is 3.02. The minimum atomic E-state index is 0.730. The van der Waals surface area contributed by atoms with Gasteiger partial charge in [-0.3, -0.25) is 4.57 Å². The molecule has 22 heavy (non-hydrogen) atoms. The van der Waals surface area contributed by atoms with E-state index in [1.807, 2.05) is 53.1 Å². The predicted octanol–water partition coefficient (Wildman–Crippen LogP) is 4.22. The molecule has 4 nitrogen and oxygen atoms in total. The maximum Gasteiger partial charge on any atom is 0.196 e. The summed E-state index contributed by atoms with van der Waals surface area (Å²) in [6, 6.07) is 15.6. The van der Waals surface area contributed by atoms with E-state index in [0.29, 0.717) is 0 Å². The summed E-state index contributed by atoms with van der Waals surface area (Å²) in [4.78, 5) is 0. The fraction of sp³-hybridized carbons (Fsp3) is 0.125. The molecular weight excluding hydrogens is 318 g/mol. The van der Waals surface area contributed by atoms with Gasteiger partial charge in [0, 0.05) is 10.8 Å². The maximum absolute atomic E-state index is 6.19. The quantitative estimate of drug-likeness (QED) is 0.656. The molecule has 0 aliphatic carbocycles. The summed E-state index contributed by atoms with van der Waals surface area (Å²) in [7, 11) is 1.65. The van der Waals surface area contributed by atoms with E-state index in [0.717, 1.165) is 32.9 Å². The molecule has 1 aromatic heterocycles. The van der Waals surface area contributed by atoms with Gasteiger partial charge in [-0.2, -0.15) is 0 Å². The summed E-state index contributed by atoms with van der Waals surface area (Å²) in [6.45, 7) is 0. The van der Waals surface area contributed by atoms with Crippen LogP contribution in [0.5, 0.6) is 5.75 Å². The second-order valence-corrected chi connectivity index (χ2v) is 5.89. The minimum absolute atomic E-state index is 0.730. The van der Waals surface area contributed by atoms with Gasteiger partial charge in [0.25, 0.3) is 0 Å². The number of thioether (sulfide) groups is 1. The number of benzene rings is 2. The number of ether oxygens (including phenoxy) is 1. The Labute approximate surface area is 138 Å². The molecule has 0 N–H and O–H groups in total. The van der Waals surface area contributed by atoms with Crippen LogP contribution in [-0.4, -0.2) is 21.9 Å². The van der Waals surface area contributed by atoms with Crippen LogP contribution < -0.4 is 4.74 Å². The topological polar surface area (TPSA) is 39.9 Å². The van der Waals surface area contributed by atoms with Crippen molar-refractivity contribution in [2.75, 3.05) is 7.11 Å². The normalized spacial score (nSPS) is 10.6. The van der Waals surface area contributed by atoms with E-state index in [4.69, 9.17) is 16.3 Å². The summed E-state index contributed by atoms with van der Waals surface area (Å²) < 4.78 is 7.32. The van der Waals surface area contributed by atoms with Gasteiger partial charge < -0.3 is 4.74 Å². The first-order valence-corrected chi connectivity index (χ1v) is 8.05. The molecule has 0 saturated carbocycles. The first-order valence-electron chi connectivity index (χ1n) is 6.69. The van der Waals surface area contributed by atoms with Crippen LogP contribution >= 0.6 is 23.4 Å². The van der Waals surface area contributed by atoms with Crippen molar-refractivity contribution in [1.29, 1.82) is 0 Å². The van der Waals surface area contributed by atoms with Crippen LogP contribution in [0, 0.1) is 0 Å². The molecule has 0 aliphatic heterocycles. The summed E-state index contributed by atoms with van der Waals surface area (Å²) in [5.74, 6) is 1.51. The highest BCUT2D eigenvalue weighted by atomic mass is 35.5. The van der Waals surface area contributed by atoms with Gasteiger partial charge in [0.1, 0.15) is 12.1 Å². The van der Waals surface area contributed by atoms with Crippen molar-refractivity contribution in [2.45, 2.75) is 10.9 Å². The number of nitrogens with zero attached hydrogens (tertiary/aromatic N) is 3. The minimum Gasteiger partial charge on any atom is -0.495 e. The number of hydrogen-bond donors (Lipinski definition) is 0. The molecule has 0 saturated heterocycles. The summed E-state index contributed by atoms with van der Waals surface area (Å²) in [5.41, 5.74) is 1.99. The third kappa shape index (κ3) is 3.10. The first-order chi connectivity index (χ1) is 10.8. The van der Waals surface area contributed by atoms with Crippen molar-refractivity contribution >= 4 is 23.4 Å². The van der Waals surface area contributed by atoms with Gasteiger partial charge in [0.2, 0.25) is 0 Å². The lowest BCUT2D eigenvalue weighted by atomic mass is 10.2.